The molecule has 0 unspecified atom stereocenters. The Morgan fingerprint density at radius 3 is 2.32 bits per heavy atom. The summed E-state index contributed by atoms with van der Waals surface area (Å²) in [5.74, 6) is -0.0321. The summed E-state index contributed by atoms with van der Waals surface area (Å²) in [4.78, 5) is 12.1. The van der Waals surface area contributed by atoms with Crippen molar-refractivity contribution in [2.75, 3.05) is 0 Å². The molecule has 0 spiro atoms. The molecule has 0 aliphatic heterocycles. The highest BCUT2D eigenvalue weighted by Crippen LogP contribution is 2.19. The van der Waals surface area contributed by atoms with Crippen LogP contribution in [0.25, 0.3) is 0 Å². The first kappa shape index (κ1) is 13.8. The second-order valence-corrected chi connectivity index (χ2v) is 5.27. The van der Waals surface area contributed by atoms with Gasteiger partial charge in [-0.2, -0.15) is 0 Å². The monoisotopic (exact) mass is 317 g/mol. The highest BCUT2D eigenvalue weighted by Gasteiger charge is 2.13. The Bertz CT molecular complexity index is 536. The van der Waals surface area contributed by atoms with E-state index in [2.05, 4.69) is 28.2 Å². The van der Waals surface area contributed by atoms with Gasteiger partial charge in [-0.1, -0.05) is 53.2 Å². The molecule has 1 N–H and O–H groups in total. The number of nitrogens with one attached hydrogen (secondary N) is 1. The van der Waals surface area contributed by atoms with Gasteiger partial charge in [0.05, 0.1) is 6.04 Å². The van der Waals surface area contributed by atoms with E-state index in [1.54, 1.807) is 0 Å². The van der Waals surface area contributed by atoms with Crippen molar-refractivity contribution in [2.24, 2.45) is 0 Å². The van der Waals surface area contributed by atoms with Gasteiger partial charge in [0.25, 0.3) is 5.91 Å². The Labute approximate surface area is 122 Å². The molecule has 3 heteroatoms. The molecule has 98 valence electrons. The Kier molecular flexibility index (Phi) is 4.74. The lowest BCUT2D eigenvalue weighted by Crippen LogP contribution is -2.28. The number of rotatable bonds is 4. The number of halogens is 1. The van der Waals surface area contributed by atoms with Crippen LogP contribution in [0.2, 0.25) is 0 Å². The van der Waals surface area contributed by atoms with Crippen molar-refractivity contribution >= 4 is 21.8 Å². The van der Waals surface area contributed by atoms with E-state index in [1.165, 1.54) is 0 Å². The molecular weight excluding hydrogens is 302 g/mol. The van der Waals surface area contributed by atoms with E-state index >= 15 is 0 Å². The number of carbonyl (C=O) groups excluding carboxylic acids is 1. The number of hydrogen-bond acceptors (Lipinski definition) is 1. The van der Waals surface area contributed by atoms with E-state index in [0.29, 0.717) is 5.56 Å². The molecule has 0 aliphatic carbocycles. The summed E-state index contributed by atoms with van der Waals surface area (Å²) in [5, 5.41) is 3.06. The maximum Gasteiger partial charge on any atom is 0.251 e. The fourth-order valence-corrected chi connectivity index (χ4v) is 2.21. The summed E-state index contributed by atoms with van der Waals surface area (Å²) in [6, 6.07) is 17.4. The standard InChI is InChI=1S/C16H16BrNO/c1-2-15(12-8-10-14(17)11-9-12)18-16(19)13-6-4-3-5-7-13/h3-11,15H,2H2,1H3,(H,18,19)/t15-/m0/s1. The molecular formula is C16H16BrNO. The topological polar surface area (TPSA) is 29.1 Å². The minimum atomic E-state index is -0.0321. The second-order valence-electron chi connectivity index (χ2n) is 4.35. The van der Waals surface area contributed by atoms with Crippen molar-refractivity contribution in [3.05, 3.63) is 70.2 Å². The maximum atomic E-state index is 12.1. The zero-order valence-electron chi connectivity index (χ0n) is 10.8. The lowest BCUT2D eigenvalue weighted by atomic mass is 10.0. The Balaban J connectivity index is 2.11. The minimum absolute atomic E-state index is 0.0321. The van der Waals surface area contributed by atoms with Gasteiger partial charge in [-0.15, -0.1) is 0 Å². The van der Waals surface area contributed by atoms with Gasteiger partial charge in [-0.25, -0.2) is 0 Å². The van der Waals surface area contributed by atoms with Crippen LogP contribution in [0.15, 0.2) is 59.1 Å². The van der Waals surface area contributed by atoms with Crippen molar-refractivity contribution in [1.82, 2.24) is 5.32 Å². The predicted octanol–water partition coefficient (Wildman–Crippen LogP) is 4.33. The fourth-order valence-electron chi connectivity index (χ4n) is 1.95. The normalized spacial score (nSPS) is 11.9. The van der Waals surface area contributed by atoms with Crippen LogP contribution in [-0.2, 0) is 0 Å². The highest BCUT2D eigenvalue weighted by atomic mass is 79.9. The molecule has 2 aromatic rings. The summed E-state index contributed by atoms with van der Waals surface area (Å²) in [6.45, 7) is 2.07. The summed E-state index contributed by atoms with van der Waals surface area (Å²) in [7, 11) is 0. The van der Waals surface area contributed by atoms with E-state index in [1.807, 2.05) is 54.6 Å². The zero-order chi connectivity index (χ0) is 13.7. The first-order valence-corrected chi connectivity index (χ1v) is 7.11. The van der Waals surface area contributed by atoms with Gasteiger partial charge in [0.1, 0.15) is 0 Å². The third-order valence-corrected chi connectivity index (χ3v) is 3.55. The van der Waals surface area contributed by atoms with Gasteiger partial charge < -0.3 is 5.32 Å². The van der Waals surface area contributed by atoms with Crippen LogP contribution in [0.1, 0.15) is 35.3 Å². The highest BCUT2D eigenvalue weighted by molar-refractivity contribution is 9.10. The molecule has 0 bridgehead atoms. The smallest absolute Gasteiger partial charge is 0.251 e. The van der Waals surface area contributed by atoms with Crippen LogP contribution < -0.4 is 5.32 Å². The van der Waals surface area contributed by atoms with Crippen LogP contribution in [0.3, 0.4) is 0 Å². The van der Waals surface area contributed by atoms with Crippen LogP contribution >= 0.6 is 15.9 Å². The summed E-state index contributed by atoms with van der Waals surface area (Å²) in [6.07, 6.45) is 0.861. The minimum Gasteiger partial charge on any atom is -0.345 e. The number of benzene rings is 2. The molecule has 19 heavy (non-hydrogen) atoms. The van der Waals surface area contributed by atoms with E-state index in [4.69, 9.17) is 0 Å². The molecule has 0 aliphatic rings. The lowest BCUT2D eigenvalue weighted by Gasteiger charge is -2.17. The molecule has 2 rings (SSSR count). The van der Waals surface area contributed by atoms with E-state index in [9.17, 15) is 4.79 Å². The lowest BCUT2D eigenvalue weighted by molar-refractivity contribution is 0.0935. The van der Waals surface area contributed by atoms with Gasteiger partial charge in [0, 0.05) is 10.0 Å². The Morgan fingerprint density at radius 2 is 1.74 bits per heavy atom. The number of carbonyl (C=O) groups is 1. The average Bonchev–Trinajstić information content (AvgIpc) is 2.46. The molecule has 1 atom stereocenters. The van der Waals surface area contributed by atoms with Gasteiger partial charge in [-0.3, -0.25) is 4.79 Å². The maximum absolute atomic E-state index is 12.1. The first-order chi connectivity index (χ1) is 9.20. The second kappa shape index (κ2) is 6.53. The quantitative estimate of drug-likeness (QED) is 0.893. The SMILES string of the molecule is CC[C@H](NC(=O)c1ccccc1)c1ccc(Br)cc1. The van der Waals surface area contributed by atoms with Crippen LogP contribution in [0.5, 0.6) is 0 Å². The molecule has 0 fully saturated rings. The summed E-state index contributed by atoms with van der Waals surface area (Å²) in [5.41, 5.74) is 1.81. The van der Waals surface area contributed by atoms with Gasteiger partial charge in [0.2, 0.25) is 0 Å². The molecule has 0 saturated carbocycles. The summed E-state index contributed by atoms with van der Waals surface area (Å²) < 4.78 is 1.04. The van der Waals surface area contributed by atoms with Crippen molar-refractivity contribution < 1.29 is 4.79 Å². The summed E-state index contributed by atoms with van der Waals surface area (Å²) >= 11 is 3.42. The van der Waals surface area contributed by atoms with E-state index in [-0.39, 0.29) is 11.9 Å². The number of hydrogen-bond donors (Lipinski definition) is 1. The Hall–Kier alpha value is -1.61. The third-order valence-electron chi connectivity index (χ3n) is 3.02. The molecule has 1 amide bonds. The van der Waals surface area contributed by atoms with Gasteiger partial charge in [0.15, 0.2) is 0 Å². The Morgan fingerprint density at radius 1 is 1.11 bits per heavy atom. The van der Waals surface area contributed by atoms with Crippen molar-refractivity contribution in [2.45, 2.75) is 19.4 Å². The first-order valence-electron chi connectivity index (χ1n) is 6.32. The van der Waals surface area contributed by atoms with Crippen molar-refractivity contribution in [3.63, 3.8) is 0 Å². The molecule has 2 nitrogen and oxygen atoms in total. The average molecular weight is 318 g/mol. The van der Waals surface area contributed by atoms with Crippen LogP contribution in [0, 0.1) is 0 Å². The van der Waals surface area contributed by atoms with Gasteiger partial charge >= 0.3 is 0 Å². The molecule has 0 heterocycles. The molecule has 0 radical (unpaired) electrons. The zero-order valence-corrected chi connectivity index (χ0v) is 12.4. The van der Waals surface area contributed by atoms with Crippen LogP contribution in [0.4, 0.5) is 0 Å². The number of amides is 1. The largest absolute Gasteiger partial charge is 0.345 e. The molecule has 2 aromatic carbocycles. The van der Waals surface area contributed by atoms with E-state index < -0.39 is 0 Å². The van der Waals surface area contributed by atoms with Crippen molar-refractivity contribution in [1.29, 1.82) is 0 Å². The predicted molar refractivity (Wildman–Crippen MR) is 81.1 cm³/mol. The van der Waals surface area contributed by atoms with Gasteiger partial charge in [-0.05, 0) is 36.2 Å². The molecule has 0 saturated heterocycles. The van der Waals surface area contributed by atoms with E-state index in [0.717, 1.165) is 16.5 Å². The fraction of sp³-hybridized carbons (Fsp3) is 0.188. The third kappa shape index (κ3) is 3.67. The van der Waals surface area contributed by atoms with Crippen LogP contribution in [-0.4, -0.2) is 5.91 Å². The van der Waals surface area contributed by atoms with Crippen molar-refractivity contribution in [3.8, 4) is 0 Å². The molecule has 0 aromatic heterocycles.